The molecule has 4 aliphatic rings. The molecule has 0 aliphatic heterocycles. The summed E-state index contributed by atoms with van der Waals surface area (Å²) in [7, 11) is 0. The molecule has 0 bridgehead atoms. The van der Waals surface area contributed by atoms with E-state index in [1.807, 2.05) is 27.7 Å². The summed E-state index contributed by atoms with van der Waals surface area (Å²) < 4.78 is 5.98. The molecule has 0 aromatic carbocycles. The van der Waals surface area contributed by atoms with Gasteiger partial charge in [-0.15, -0.1) is 11.6 Å². The Labute approximate surface area is 206 Å². The third kappa shape index (κ3) is 3.17. The van der Waals surface area contributed by atoms with Crippen LogP contribution >= 0.6 is 11.6 Å². The summed E-state index contributed by atoms with van der Waals surface area (Å²) in [4.78, 5) is 37.2. The average Bonchev–Trinajstić information content (AvgIpc) is 3.06. The number of ketones is 2. The summed E-state index contributed by atoms with van der Waals surface area (Å²) in [6, 6.07) is 0. The van der Waals surface area contributed by atoms with Crippen molar-refractivity contribution in [1.29, 1.82) is 0 Å². The molecule has 7 heteroatoms. The van der Waals surface area contributed by atoms with Crippen LogP contribution in [-0.2, 0) is 19.1 Å². The highest BCUT2D eigenvalue weighted by Gasteiger charge is 2.74. The number of allylic oxidation sites excluding steroid dienone is 4. The fourth-order valence-electron chi connectivity index (χ4n) is 7.96. The Hall–Kier alpha value is -1.50. The van der Waals surface area contributed by atoms with E-state index in [1.54, 1.807) is 12.2 Å². The molecule has 34 heavy (non-hydrogen) atoms. The number of aliphatic hydroxyl groups excluding tert-OH is 2. The van der Waals surface area contributed by atoms with Gasteiger partial charge in [-0.25, -0.2) is 0 Å². The molecular formula is C27H37ClO6. The molecule has 2 N–H and O–H groups in total. The molecular weight excluding hydrogens is 456 g/mol. The molecule has 0 radical (unpaired) electrons. The van der Waals surface area contributed by atoms with Gasteiger partial charge in [-0.3, -0.25) is 14.4 Å². The van der Waals surface area contributed by atoms with Gasteiger partial charge in [-0.05, 0) is 69.4 Å². The maximum atomic E-state index is 13.2. The van der Waals surface area contributed by atoms with E-state index in [1.165, 1.54) is 0 Å². The smallest absolute Gasteiger partial charge is 0.306 e. The molecule has 4 aliphatic carbocycles. The van der Waals surface area contributed by atoms with Crippen molar-refractivity contribution in [3.05, 3.63) is 23.3 Å². The van der Waals surface area contributed by atoms with Crippen molar-refractivity contribution in [3.63, 3.8) is 0 Å². The second-order valence-electron chi connectivity index (χ2n) is 11.2. The molecule has 3 unspecified atom stereocenters. The number of hydrogen-bond acceptors (Lipinski definition) is 6. The van der Waals surface area contributed by atoms with Crippen LogP contribution < -0.4 is 0 Å². The lowest BCUT2D eigenvalue weighted by atomic mass is 9.44. The second kappa shape index (κ2) is 8.56. The van der Waals surface area contributed by atoms with Crippen LogP contribution in [-0.4, -0.2) is 50.9 Å². The van der Waals surface area contributed by atoms with Crippen molar-refractivity contribution < 1.29 is 29.3 Å². The Morgan fingerprint density at radius 1 is 1.21 bits per heavy atom. The van der Waals surface area contributed by atoms with E-state index in [2.05, 4.69) is 0 Å². The molecule has 0 aromatic rings. The van der Waals surface area contributed by atoms with Gasteiger partial charge in [0.15, 0.2) is 11.4 Å². The molecule has 0 heterocycles. The van der Waals surface area contributed by atoms with Crippen molar-refractivity contribution >= 4 is 29.1 Å². The van der Waals surface area contributed by atoms with Gasteiger partial charge in [0.2, 0.25) is 5.78 Å². The molecule has 4 rings (SSSR count). The predicted molar refractivity (Wildman–Crippen MR) is 128 cm³/mol. The quantitative estimate of drug-likeness (QED) is 0.428. The molecule has 188 valence electrons. The van der Waals surface area contributed by atoms with Crippen LogP contribution in [0.3, 0.4) is 0 Å². The lowest BCUT2D eigenvalue weighted by Crippen LogP contribution is -2.69. The SMILES string of the molecule is CCCCC(=O)O[C@]1(C(=O)CO)CCC2C3CCC4=CC(=O)C=C(C)[C@]4(C)[C@@]3(Cl)C(O)C[C@@]21C. The first-order chi connectivity index (χ1) is 15.9. The van der Waals surface area contributed by atoms with E-state index < -0.39 is 45.8 Å². The average molecular weight is 493 g/mol. The third-order valence-electron chi connectivity index (χ3n) is 9.89. The number of carbonyl (C=O) groups is 3. The number of rotatable bonds is 6. The first-order valence-electron chi connectivity index (χ1n) is 12.6. The van der Waals surface area contributed by atoms with Crippen LogP contribution in [0.4, 0.5) is 0 Å². The Bertz CT molecular complexity index is 970. The second-order valence-corrected chi connectivity index (χ2v) is 11.8. The summed E-state index contributed by atoms with van der Waals surface area (Å²) in [5.41, 5.74) is -1.21. The molecule has 0 aromatic heterocycles. The highest BCUT2D eigenvalue weighted by Crippen LogP contribution is 2.72. The lowest BCUT2D eigenvalue weighted by Gasteiger charge is -2.65. The third-order valence-corrected chi connectivity index (χ3v) is 10.8. The van der Waals surface area contributed by atoms with Gasteiger partial charge >= 0.3 is 5.97 Å². The van der Waals surface area contributed by atoms with E-state index in [4.69, 9.17) is 16.3 Å². The van der Waals surface area contributed by atoms with E-state index in [-0.39, 0.29) is 30.5 Å². The number of Topliss-reactive ketones (excluding diaryl/α,β-unsaturated/α-hetero) is 1. The summed E-state index contributed by atoms with van der Waals surface area (Å²) in [6.07, 6.45) is 6.45. The number of halogens is 1. The zero-order valence-corrected chi connectivity index (χ0v) is 21.4. The van der Waals surface area contributed by atoms with E-state index in [9.17, 15) is 24.6 Å². The van der Waals surface area contributed by atoms with Gasteiger partial charge in [0.05, 0.1) is 11.0 Å². The monoisotopic (exact) mass is 492 g/mol. The summed E-state index contributed by atoms with van der Waals surface area (Å²) in [6.45, 7) is 7.11. The van der Waals surface area contributed by atoms with Crippen LogP contribution in [0.2, 0.25) is 0 Å². The summed E-state index contributed by atoms with van der Waals surface area (Å²) in [5.74, 6) is -1.21. The zero-order chi connectivity index (χ0) is 25.1. The Morgan fingerprint density at radius 2 is 1.91 bits per heavy atom. The van der Waals surface area contributed by atoms with E-state index >= 15 is 0 Å². The number of hydrogen-bond donors (Lipinski definition) is 2. The van der Waals surface area contributed by atoms with Crippen LogP contribution in [0.15, 0.2) is 23.3 Å². The molecule has 6 nitrogen and oxygen atoms in total. The first kappa shape index (κ1) is 25.6. The number of ether oxygens (including phenoxy) is 1. The normalized spacial score (nSPS) is 43.3. The van der Waals surface area contributed by atoms with Gasteiger partial charge in [0.25, 0.3) is 0 Å². The van der Waals surface area contributed by atoms with Gasteiger partial charge in [-0.1, -0.05) is 38.3 Å². The van der Waals surface area contributed by atoms with Crippen LogP contribution in [0.25, 0.3) is 0 Å². The van der Waals surface area contributed by atoms with Crippen LogP contribution in [0.5, 0.6) is 0 Å². The lowest BCUT2D eigenvalue weighted by molar-refractivity contribution is -0.197. The first-order valence-corrected chi connectivity index (χ1v) is 13.0. The molecule has 0 saturated heterocycles. The fraction of sp³-hybridized carbons (Fsp3) is 0.741. The predicted octanol–water partition coefficient (Wildman–Crippen LogP) is 4.05. The van der Waals surface area contributed by atoms with Gasteiger partial charge in [0, 0.05) is 17.3 Å². The number of alkyl halides is 1. The van der Waals surface area contributed by atoms with Crippen molar-refractivity contribution in [1.82, 2.24) is 0 Å². The van der Waals surface area contributed by atoms with E-state index in [0.717, 1.165) is 17.6 Å². The number of unbranched alkanes of at least 4 members (excludes halogenated alkanes) is 1. The minimum absolute atomic E-state index is 0.0498. The number of esters is 1. The van der Waals surface area contributed by atoms with Gasteiger partial charge in [0.1, 0.15) is 6.61 Å². The van der Waals surface area contributed by atoms with Crippen LogP contribution in [0, 0.1) is 22.7 Å². The maximum absolute atomic E-state index is 13.2. The summed E-state index contributed by atoms with van der Waals surface area (Å²) >= 11 is 7.51. The zero-order valence-electron chi connectivity index (χ0n) is 20.7. The van der Waals surface area contributed by atoms with Crippen molar-refractivity contribution in [3.8, 4) is 0 Å². The fourth-order valence-corrected chi connectivity index (χ4v) is 8.56. The van der Waals surface area contributed by atoms with Crippen LogP contribution in [0.1, 0.15) is 79.1 Å². The number of carbonyl (C=O) groups excluding carboxylic acids is 3. The van der Waals surface area contributed by atoms with Crippen molar-refractivity contribution in [2.75, 3.05) is 6.61 Å². The minimum Gasteiger partial charge on any atom is -0.450 e. The molecule has 3 fully saturated rings. The molecule has 3 saturated carbocycles. The highest BCUT2D eigenvalue weighted by atomic mass is 35.5. The molecule has 0 amide bonds. The minimum atomic E-state index is -1.47. The van der Waals surface area contributed by atoms with Gasteiger partial charge < -0.3 is 14.9 Å². The Kier molecular flexibility index (Phi) is 6.44. The van der Waals surface area contributed by atoms with E-state index in [0.29, 0.717) is 32.1 Å². The number of aliphatic hydroxyl groups is 2. The molecule has 7 atom stereocenters. The highest BCUT2D eigenvalue weighted by molar-refractivity contribution is 6.26. The Balaban J connectivity index is 1.78. The standard InChI is InChI=1S/C27H37ClO6/c1-5-6-7-23(33)34-26(22(32)15-29)11-10-19-20-9-8-17-13-18(30)12-16(2)25(17,4)27(20,28)21(31)14-24(19,26)3/h12-13,19-21,29,31H,5-11,14-15H2,1-4H3/t19?,20?,21?,24-,25-,26-,27-/m0/s1. The van der Waals surface area contributed by atoms with Gasteiger partial charge in [-0.2, -0.15) is 0 Å². The number of fused-ring (bicyclic) bond motifs is 5. The largest absolute Gasteiger partial charge is 0.450 e. The molecule has 0 spiro atoms. The topological polar surface area (TPSA) is 101 Å². The maximum Gasteiger partial charge on any atom is 0.306 e. The van der Waals surface area contributed by atoms with Crippen molar-refractivity contribution in [2.24, 2.45) is 22.7 Å². The van der Waals surface area contributed by atoms with Crippen molar-refractivity contribution in [2.45, 2.75) is 95.6 Å². The Morgan fingerprint density at radius 3 is 2.56 bits per heavy atom. The summed E-state index contributed by atoms with van der Waals surface area (Å²) in [5, 5.41) is 21.6.